The summed E-state index contributed by atoms with van der Waals surface area (Å²) in [5, 5.41) is 6.64. The number of nitrogens with two attached hydrogens (primary N) is 1. The molecular formula is C2H3N3O2S. The van der Waals surface area contributed by atoms with Gasteiger partial charge < -0.3 is 5.73 Å². The third kappa shape index (κ3) is 0.648. The van der Waals surface area contributed by atoms with Crippen molar-refractivity contribution in [3.63, 3.8) is 0 Å². The van der Waals surface area contributed by atoms with Gasteiger partial charge in [0.15, 0.2) is 0 Å². The lowest BCUT2D eigenvalue weighted by Gasteiger charge is -1.98. The van der Waals surface area contributed by atoms with Crippen LogP contribution in [-0.2, 0) is 0 Å². The first-order valence-electron chi connectivity index (χ1n) is 1.74. The molecule has 0 aliphatic rings. The van der Waals surface area contributed by atoms with E-state index < -0.39 is 0 Å². The summed E-state index contributed by atoms with van der Waals surface area (Å²) in [6.07, 6.45) is 0. The third-order valence-corrected chi connectivity index (χ3v) is 0.661. The fourth-order valence-electron chi connectivity index (χ4n) is 0.241. The molecule has 0 saturated carbocycles. The lowest BCUT2D eigenvalue weighted by atomic mass is 11.1. The van der Waals surface area contributed by atoms with E-state index in [1.807, 2.05) is 0 Å². The molecule has 0 aliphatic heterocycles. The molecule has 0 bridgehead atoms. The Labute approximate surface area is 49.1 Å². The molecule has 3 N–H and O–H groups in total. The normalized spacial score (nSPS) is 9.50. The molecule has 44 valence electrons. The summed E-state index contributed by atoms with van der Waals surface area (Å²) in [4.78, 5) is 0.697. The van der Waals surface area contributed by atoms with Crippen LogP contribution >= 0.6 is 12.2 Å². The second-order valence-corrected chi connectivity index (χ2v) is 1.41. The Morgan fingerprint density at radius 3 is 2.38 bits per heavy atom. The number of rotatable bonds is 0. The zero-order valence-electron chi connectivity index (χ0n) is 3.75. The van der Waals surface area contributed by atoms with Gasteiger partial charge in [0.05, 0.1) is 0 Å². The molecule has 0 amide bonds. The zero-order valence-corrected chi connectivity index (χ0v) is 4.57. The van der Waals surface area contributed by atoms with Crippen molar-refractivity contribution >= 4 is 18.2 Å². The maximum absolute atomic E-state index is 6.64. The quantitative estimate of drug-likeness (QED) is 0.300. The highest BCUT2D eigenvalue weighted by molar-refractivity contribution is 7.71. The van der Waals surface area contributed by atoms with Crippen LogP contribution in [-0.4, -0.2) is 10.9 Å². The highest BCUT2D eigenvalue weighted by Gasteiger charge is 1.99. The number of nitrogen functional groups attached to an aromatic ring is 1. The van der Waals surface area contributed by atoms with Gasteiger partial charge in [0.1, 0.15) is 0 Å². The van der Waals surface area contributed by atoms with Gasteiger partial charge in [0.2, 0.25) is 0 Å². The Balaban J connectivity index is 2.88. The van der Waals surface area contributed by atoms with Crippen molar-refractivity contribution in [2.75, 3.05) is 0 Å². The van der Waals surface area contributed by atoms with Gasteiger partial charge in [0.25, 0.3) is 5.96 Å². The van der Waals surface area contributed by atoms with Crippen molar-refractivity contribution in [1.29, 1.82) is 5.41 Å². The highest BCUT2D eigenvalue weighted by atomic mass is 32.1. The van der Waals surface area contributed by atoms with E-state index in [1.54, 1.807) is 0 Å². The van der Waals surface area contributed by atoms with Gasteiger partial charge >= 0.3 is 4.90 Å². The number of hydrogen-bond donors (Lipinski definition) is 2. The lowest BCUT2D eigenvalue weighted by molar-refractivity contribution is -0.0103. The van der Waals surface area contributed by atoms with Crippen LogP contribution in [0.5, 0.6) is 0 Å². The van der Waals surface area contributed by atoms with Crippen LogP contribution in [0, 0.1) is 10.3 Å². The molecule has 5 nitrogen and oxygen atoms in total. The Morgan fingerprint density at radius 2 is 2.25 bits per heavy atom. The smallest absolute Gasteiger partial charge is 0.365 e. The molecule has 0 unspecified atom stereocenters. The van der Waals surface area contributed by atoms with Gasteiger partial charge in [-0.2, -0.15) is 0 Å². The average Bonchev–Trinajstić information content (AvgIpc) is 1.57. The van der Waals surface area contributed by atoms with Gasteiger partial charge in [-0.3, -0.25) is 14.5 Å². The highest BCUT2D eigenvalue weighted by Crippen LogP contribution is 1.92. The van der Waals surface area contributed by atoms with Crippen molar-refractivity contribution in [2.45, 2.75) is 0 Å². The second kappa shape index (κ2) is 1.48. The Bertz CT molecular complexity index is 227. The Hall–Kier alpha value is -1.04. The summed E-state index contributed by atoms with van der Waals surface area (Å²) in [5.41, 5.74) is 4.86. The summed E-state index contributed by atoms with van der Waals surface area (Å²) in [5.74, 6) is -0.321. The Morgan fingerprint density at radius 1 is 1.75 bits per heavy atom. The second-order valence-electron chi connectivity index (χ2n) is 1.07. The monoisotopic (exact) mass is 133 g/mol. The first-order valence-corrected chi connectivity index (χ1v) is 2.15. The fraction of sp³-hybridized carbons (Fsp3) is 0. The van der Waals surface area contributed by atoms with Crippen molar-refractivity contribution in [3.05, 3.63) is 4.90 Å². The molecule has 1 heterocycles. The van der Waals surface area contributed by atoms with E-state index in [0.29, 0.717) is 4.91 Å². The molecular weight excluding hydrogens is 130 g/mol. The van der Waals surface area contributed by atoms with Crippen LogP contribution in [0.2, 0.25) is 0 Å². The Kier molecular flexibility index (Phi) is 0.943. The molecule has 0 aliphatic carbocycles. The van der Waals surface area contributed by atoms with E-state index in [2.05, 4.69) is 21.3 Å². The van der Waals surface area contributed by atoms with Gasteiger partial charge in [0, 0.05) is 17.1 Å². The molecule has 0 saturated heterocycles. The standard InChI is InChI=1S/C2H3N3O2S/c3-1(4)5-6-2(8)7-5/h(H3,3,4). The van der Waals surface area contributed by atoms with Crippen LogP contribution in [0.25, 0.3) is 0 Å². The van der Waals surface area contributed by atoms with E-state index in [-0.39, 0.29) is 10.9 Å². The zero-order chi connectivity index (χ0) is 6.15. The van der Waals surface area contributed by atoms with Crippen LogP contribution in [0.4, 0.5) is 0 Å². The van der Waals surface area contributed by atoms with Crippen LogP contribution < -0.4 is 5.73 Å². The lowest BCUT2D eigenvalue weighted by Crippen LogP contribution is -2.22. The predicted molar refractivity (Wildman–Crippen MR) is 27.1 cm³/mol. The summed E-state index contributed by atoms with van der Waals surface area (Å²) in [7, 11) is 0. The van der Waals surface area contributed by atoms with Crippen LogP contribution in [0.3, 0.4) is 0 Å². The molecule has 0 radical (unpaired) electrons. The van der Waals surface area contributed by atoms with Crippen molar-refractivity contribution in [1.82, 2.24) is 4.91 Å². The van der Waals surface area contributed by atoms with Crippen LogP contribution in [0.15, 0.2) is 9.05 Å². The molecule has 6 heteroatoms. The van der Waals surface area contributed by atoms with Gasteiger partial charge in [-0.1, -0.05) is 0 Å². The van der Waals surface area contributed by atoms with Gasteiger partial charge in [-0.25, -0.2) is 0 Å². The van der Waals surface area contributed by atoms with Crippen LogP contribution in [0.1, 0.15) is 0 Å². The van der Waals surface area contributed by atoms with Crippen molar-refractivity contribution < 1.29 is 9.05 Å². The molecule has 1 aromatic rings. The molecule has 1 aromatic heterocycles. The van der Waals surface area contributed by atoms with E-state index in [0.717, 1.165) is 0 Å². The fourth-order valence-corrected chi connectivity index (χ4v) is 0.376. The maximum atomic E-state index is 6.64. The molecule has 8 heavy (non-hydrogen) atoms. The van der Waals surface area contributed by atoms with Crippen molar-refractivity contribution in [3.8, 4) is 0 Å². The summed E-state index contributed by atoms with van der Waals surface area (Å²) in [6, 6.07) is 0. The van der Waals surface area contributed by atoms with E-state index in [9.17, 15) is 0 Å². The van der Waals surface area contributed by atoms with E-state index >= 15 is 0 Å². The molecule has 0 aromatic carbocycles. The maximum Gasteiger partial charge on any atom is 0.409 e. The predicted octanol–water partition coefficient (Wildman–Crippen LogP) is 0.145. The molecule has 1 rings (SSSR count). The van der Waals surface area contributed by atoms with Gasteiger partial charge in [-0.05, 0) is 0 Å². The number of nitrogens with zero attached hydrogens (tertiary/aromatic N) is 1. The summed E-state index contributed by atoms with van der Waals surface area (Å²) < 4.78 is 8.79. The van der Waals surface area contributed by atoms with E-state index in [4.69, 9.17) is 11.1 Å². The van der Waals surface area contributed by atoms with E-state index in [1.165, 1.54) is 0 Å². The first-order chi connectivity index (χ1) is 3.70. The number of aromatic nitrogens is 1. The third-order valence-electron chi connectivity index (χ3n) is 0.512. The van der Waals surface area contributed by atoms with Gasteiger partial charge in [-0.15, -0.1) is 0 Å². The van der Waals surface area contributed by atoms with Crippen molar-refractivity contribution in [2.24, 2.45) is 5.73 Å². The first kappa shape index (κ1) is 5.10. The number of nitrogens with one attached hydrogen (secondary N) is 1. The topological polar surface area (TPSA) is 81.1 Å². The molecule has 0 atom stereocenters. The molecule has 0 spiro atoms. The summed E-state index contributed by atoms with van der Waals surface area (Å²) >= 11 is 4.34. The average molecular weight is 133 g/mol. The minimum Gasteiger partial charge on any atom is -0.365 e. The SMILES string of the molecule is N=C(N)n1oc(=S)o1. The largest absolute Gasteiger partial charge is 0.409 e. The summed E-state index contributed by atoms with van der Waals surface area (Å²) in [6.45, 7) is 0. The molecule has 0 fully saturated rings. The minimum absolute atomic E-state index is 0.0137. The minimum atomic E-state index is -0.321. The number of hydrogen-bond acceptors (Lipinski definition) is 4.